The van der Waals surface area contributed by atoms with Gasteiger partial charge in [-0.15, -0.1) is 11.3 Å². The zero-order valence-electron chi connectivity index (χ0n) is 9.48. The summed E-state index contributed by atoms with van der Waals surface area (Å²) in [5, 5.41) is 14.5. The molecule has 3 aromatic rings. The monoisotopic (exact) mass is 273 g/mol. The molecule has 0 amide bonds. The topological polar surface area (TPSA) is 89.1 Å². The van der Waals surface area contributed by atoms with Crippen molar-refractivity contribution >= 4 is 17.3 Å². The summed E-state index contributed by atoms with van der Waals surface area (Å²) in [5.74, 6) is -0.221. The van der Waals surface area contributed by atoms with Gasteiger partial charge in [-0.3, -0.25) is 0 Å². The summed E-state index contributed by atoms with van der Waals surface area (Å²) in [5.41, 5.74) is 3.22. The standard InChI is InChI=1S/C12H7N3O3S/c16-12(17)8-3-1-7(2-4-8)10-14-11(18-15-10)9-5-19-6-13-9/h1-6H,(H,16,17). The van der Waals surface area contributed by atoms with Crippen molar-refractivity contribution in [2.75, 3.05) is 0 Å². The molecule has 0 spiro atoms. The van der Waals surface area contributed by atoms with E-state index in [9.17, 15) is 4.79 Å². The number of nitrogens with zero attached hydrogens (tertiary/aromatic N) is 3. The number of carboxylic acids is 1. The highest BCUT2D eigenvalue weighted by atomic mass is 32.1. The smallest absolute Gasteiger partial charge is 0.335 e. The third-order valence-electron chi connectivity index (χ3n) is 2.47. The van der Waals surface area contributed by atoms with Crippen molar-refractivity contribution in [1.82, 2.24) is 15.1 Å². The highest BCUT2D eigenvalue weighted by molar-refractivity contribution is 7.07. The van der Waals surface area contributed by atoms with Gasteiger partial charge in [-0.1, -0.05) is 17.3 Å². The lowest BCUT2D eigenvalue weighted by Crippen LogP contribution is -1.95. The van der Waals surface area contributed by atoms with Gasteiger partial charge in [0.25, 0.3) is 5.89 Å². The maximum absolute atomic E-state index is 10.8. The summed E-state index contributed by atoms with van der Waals surface area (Å²) < 4.78 is 5.11. The summed E-state index contributed by atoms with van der Waals surface area (Å²) in [7, 11) is 0. The number of rotatable bonds is 3. The summed E-state index contributed by atoms with van der Waals surface area (Å²) in [6.45, 7) is 0. The molecule has 0 unspecified atom stereocenters. The van der Waals surface area contributed by atoms with Crippen molar-refractivity contribution < 1.29 is 14.4 Å². The van der Waals surface area contributed by atoms with Crippen molar-refractivity contribution in [2.24, 2.45) is 0 Å². The highest BCUT2D eigenvalue weighted by Crippen LogP contribution is 2.22. The fourth-order valence-electron chi connectivity index (χ4n) is 1.52. The van der Waals surface area contributed by atoms with Crippen LogP contribution in [0.3, 0.4) is 0 Å². The van der Waals surface area contributed by atoms with Crippen LogP contribution in [0.4, 0.5) is 0 Å². The van der Waals surface area contributed by atoms with Crippen molar-refractivity contribution in [1.29, 1.82) is 0 Å². The van der Waals surface area contributed by atoms with Crippen LogP contribution in [-0.4, -0.2) is 26.2 Å². The van der Waals surface area contributed by atoms with E-state index in [0.717, 1.165) is 0 Å². The van der Waals surface area contributed by atoms with E-state index in [-0.39, 0.29) is 5.56 Å². The first-order chi connectivity index (χ1) is 9.24. The van der Waals surface area contributed by atoms with E-state index >= 15 is 0 Å². The molecule has 7 heteroatoms. The van der Waals surface area contributed by atoms with Crippen LogP contribution in [0.5, 0.6) is 0 Å². The van der Waals surface area contributed by atoms with E-state index in [4.69, 9.17) is 9.63 Å². The van der Waals surface area contributed by atoms with Gasteiger partial charge in [0.05, 0.1) is 11.1 Å². The Balaban J connectivity index is 1.92. The van der Waals surface area contributed by atoms with Crippen LogP contribution in [0.25, 0.3) is 23.0 Å². The van der Waals surface area contributed by atoms with Gasteiger partial charge < -0.3 is 9.63 Å². The highest BCUT2D eigenvalue weighted by Gasteiger charge is 2.12. The molecule has 3 rings (SSSR count). The van der Waals surface area contributed by atoms with Crippen LogP contribution in [0.2, 0.25) is 0 Å². The van der Waals surface area contributed by atoms with E-state index in [0.29, 0.717) is 23.0 Å². The number of hydrogen-bond donors (Lipinski definition) is 1. The van der Waals surface area contributed by atoms with Gasteiger partial charge in [0, 0.05) is 10.9 Å². The van der Waals surface area contributed by atoms with Gasteiger partial charge in [0.1, 0.15) is 5.69 Å². The Morgan fingerprint density at radius 2 is 2.05 bits per heavy atom. The predicted molar refractivity (Wildman–Crippen MR) is 67.8 cm³/mol. The number of hydrogen-bond acceptors (Lipinski definition) is 6. The molecule has 0 aliphatic carbocycles. The molecule has 0 radical (unpaired) electrons. The average molecular weight is 273 g/mol. The van der Waals surface area contributed by atoms with Gasteiger partial charge in [-0.25, -0.2) is 9.78 Å². The normalized spacial score (nSPS) is 10.5. The molecule has 0 bridgehead atoms. The minimum atomic E-state index is -0.970. The first-order valence-corrected chi connectivity index (χ1v) is 6.24. The van der Waals surface area contributed by atoms with Crippen LogP contribution in [0, 0.1) is 0 Å². The molecule has 0 atom stereocenters. The second kappa shape index (κ2) is 4.62. The zero-order chi connectivity index (χ0) is 13.2. The molecule has 0 saturated carbocycles. The maximum atomic E-state index is 10.8. The van der Waals surface area contributed by atoms with Crippen molar-refractivity contribution in [3.05, 3.63) is 40.7 Å². The molecule has 0 aliphatic rings. The molecule has 1 N–H and O–H groups in total. The maximum Gasteiger partial charge on any atom is 0.335 e. The molecule has 1 aromatic carbocycles. The number of carbonyl (C=O) groups is 1. The van der Waals surface area contributed by atoms with Gasteiger partial charge in [-0.2, -0.15) is 4.98 Å². The minimum Gasteiger partial charge on any atom is -0.478 e. The molecule has 0 aliphatic heterocycles. The lowest BCUT2D eigenvalue weighted by molar-refractivity contribution is 0.0697. The molecule has 2 heterocycles. The first-order valence-electron chi connectivity index (χ1n) is 5.30. The van der Waals surface area contributed by atoms with E-state index in [1.165, 1.54) is 23.5 Å². The Hall–Kier alpha value is -2.54. The van der Waals surface area contributed by atoms with Gasteiger partial charge in [0.15, 0.2) is 0 Å². The van der Waals surface area contributed by atoms with Crippen LogP contribution < -0.4 is 0 Å². The molecule has 0 fully saturated rings. The lowest BCUT2D eigenvalue weighted by Gasteiger charge is -1.95. The largest absolute Gasteiger partial charge is 0.478 e. The van der Waals surface area contributed by atoms with Gasteiger partial charge in [0.2, 0.25) is 5.82 Å². The summed E-state index contributed by atoms with van der Waals surface area (Å²) in [6, 6.07) is 6.27. The number of thiazole rings is 1. The van der Waals surface area contributed by atoms with Crippen LogP contribution in [-0.2, 0) is 0 Å². The van der Waals surface area contributed by atoms with Crippen LogP contribution in [0.15, 0.2) is 39.7 Å². The lowest BCUT2D eigenvalue weighted by atomic mass is 10.1. The van der Waals surface area contributed by atoms with E-state index in [2.05, 4.69) is 15.1 Å². The molecule has 2 aromatic heterocycles. The molecule has 0 saturated heterocycles. The molecule has 6 nitrogen and oxygen atoms in total. The summed E-state index contributed by atoms with van der Waals surface area (Å²) in [4.78, 5) is 19.0. The second-order valence-corrected chi connectivity index (χ2v) is 4.40. The molecular weight excluding hydrogens is 266 g/mol. The SMILES string of the molecule is O=C(O)c1ccc(-c2noc(-c3cscn3)n2)cc1. The minimum absolute atomic E-state index is 0.215. The third kappa shape index (κ3) is 2.23. The van der Waals surface area contributed by atoms with E-state index < -0.39 is 5.97 Å². The molecule has 94 valence electrons. The Morgan fingerprint density at radius 3 is 2.68 bits per heavy atom. The second-order valence-electron chi connectivity index (χ2n) is 3.68. The number of carboxylic acid groups (broad SMARTS) is 1. The van der Waals surface area contributed by atoms with Crippen LogP contribution in [0.1, 0.15) is 10.4 Å². The zero-order valence-corrected chi connectivity index (χ0v) is 10.3. The van der Waals surface area contributed by atoms with Gasteiger partial charge in [-0.05, 0) is 12.1 Å². The van der Waals surface area contributed by atoms with E-state index in [1.807, 2.05) is 5.38 Å². The van der Waals surface area contributed by atoms with Crippen molar-refractivity contribution in [3.63, 3.8) is 0 Å². The Kier molecular flexibility index (Phi) is 2.81. The number of benzene rings is 1. The van der Waals surface area contributed by atoms with Crippen molar-refractivity contribution in [2.45, 2.75) is 0 Å². The molecular formula is C12H7N3O3S. The number of aromatic carboxylic acids is 1. The van der Waals surface area contributed by atoms with Crippen LogP contribution >= 0.6 is 11.3 Å². The fourth-order valence-corrected chi connectivity index (χ4v) is 2.05. The fraction of sp³-hybridized carbons (Fsp3) is 0. The Labute approximate surface area is 111 Å². The quantitative estimate of drug-likeness (QED) is 0.788. The van der Waals surface area contributed by atoms with Gasteiger partial charge >= 0.3 is 5.97 Å². The number of aromatic nitrogens is 3. The molecule has 19 heavy (non-hydrogen) atoms. The average Bonchev–Trinajstić information content (AvgIpc) is 3.10. The summed E-state index contributed by atoms with van der Waals surface area (Å²) >= 11 is 1.44. The predicted octanol–water partition coefficient (Wildman–Crippen LogP) is 2.56. The Bertz CT molecular complexity index is 704. The third-order valence-corrected chi connectivity index (χ3v) is 3.05. The Morgan fingerprint density at radius 1 is 1.26 bits per heavy atom. The first kappa shape index (κ1) is 11.5. The van der Waals surface area contributed by atoms with Crippen molar-refractivity contribution in [3.8, 4) is 23.0 Å². The van der Waals surface area contributed by atoms with E-state index in [1.54, 1.807) is 17.6 Å². The summed E-state index contributed by atoms with van der Waals surface area (Å²) in [6.07, 6.45) is 0.